The van der Waals surface area contributed by atoms with Crippen LogP contribution in [-0.2, 0) is 17.9 Å². The Bertz CT molecular complexity index is 1310. The first-order valence-corrected chi connectivity index (χ1v) is 12.3. The molecule has 1 amide bonds. The molecule has 1 atom stereocenters. The molecule has 6 nitrogen and oxygen atoms in total. The summed E-state index contributed by atoms with van der Waals surface area (Å²) in [6.07, 6.45) is 1.92. The second-order valence-corrected chi connectivity index (χ2v) is 9.33. The van der Waals surface area contributed by atoms with Gasteiger partial charge in [0.15, 0.2) is 0 Å². The summed E-state index contributed by atoms with van der Waals surface area (Å²) in [6.45, 7) is 5.20. The molecule has 0 spiro atoms. The van der Waals surface area contributed by atoms with Crippen molar-refractivity contribution in [1.29, 1.82) is 0 Å². The second-order valence-electron chi connectivity index (χ2n) is 9.33. The molecule has 2 heterocycles. The number of aromatic nitrogens is 2. The van der Waals surface area contributed by atoms with E-state index in [-0.39, 0.29) is 11.8 Å². The van der Waals surface area contributed by atoms with Gasteiger partial charge in [0, 0.05) is 18.8 Å². The first-order chi connectivity index (χ1) is 17.1. The van der Waals surface area contributed by atoms with Crippen molar-refractivity contribution >= 4 is 22.6 Å². The number of fused-ring (bicyclic) bond motifs is 1. The number of amides is 1. The lowest BCUT2D eigenvalue weighted by Crippen LogP contribution is -2.40. The van der Waals surface area contributed by atoms with Crippen LogP contribution in [0.5, 0.6) is 5.75 Å². The number of rotatable bonds is 7. The lowest BCUT2D eigenvalue weighted by Gasteiger charge is -2.32. The summed E-state index contributed by atoms with van der Waals surface area (Å²) in [5.41, 5.74) is 5.31. The molecule has 0 radical (unpaired) electrons. The summed E-state index contributed by atoms with van der Waals surface area (Å²) >= 11 is 0. The van der Waals surface area contributed by atoms with Crippen molar-refractivity contribution in [2.75, 3.05) is 25.5 Å². The number of methoxy groups -OCH3 is 1. The molecule has 0 bridgehead atoms. The maximum Gasteiger partial charge on any atom is 0.228 e. The SMILES string of the molecule is COc1ccc(Cn2c(CN3CCC[C@H](C(=O)Nc4ccccc4C)C3)nc3ccccc32)cc1. The monoisotopic (exact) mass is 468 g/mol. The lowest BCUT2D eigenvalue weighted by atomic mass is 9.97. The number of carbonyl (C=O) groups is 1. The Morgan fingerprint density at radius 2 is 1.80 bits per heavy atom. The molecule has 1 aliphatic rings. The molecule has 1 aromatic heterocycles. The summed E-state index contributed by atoms with van der Waals surface area (Å²) in [5.74, 6) is 1.97. The van der Waals surface area contributed by atoms with Crippen LogP contribution in [0.3, 0.4) is 0 Å². The van der Waals surface area contributed by atoms with Crippen molar-refractivity contribution in [3.8, 4) is 5.75 Å². The Kier molecular flexibility index (Phi) is 6.82. The van der Waals surface area contributed by atoms with E-state index in [1.807, 2.05) is 49.4 Å². The zero-order valence-corrected chi connectivity index (χ0v) is 20.4. The Labute approximate surface area is 206 Å². The maximum absolute atomic E-state index is 13.1. The molecular formula is C29H32N4O2. The number of anilines is 1. The van der Waals surface area contributed by atoms with Crippen molar-refractivity contribution < 1.29 is 9.53 Å². The number of carbonyl (C=O) groups excluding carboxylic acids is 1. The summed E-state index contributed by atoms with van der Waals surface area (Å²) in [5, 5.41) is 3.14. The van der Waals surface area contributed by atoms with E-state index in [4.69, 9.17) is 9.72 Å². The molecule has 1 N–H and O–H groups in total. The van der Waals surface area contributed by atoms with Gasteiger partial charge in [0.2, 0.25) is 5.91 Å². The fourth-order valence-corrected chi connectivity index (χ4v) is 4.90. The minimum absolute atomic E-state index is 0.0252. The molecule has 0 unspecified atom stereocenters. The van der Waals surface area contributed by atoms with E-state index in [2.05, 4.69) is 45.1 Å². The third kappa shape index (κ3) is 5.23. The summed E-state index contributed by atoms with van der Waals surface area (Å²) in [4.78, 5) is 20.4. The van der Waals surface area contributed by atoms with E-state index in [0.717, 1.165) is 72.9 Å². The summed E-state index contributed by atoms with van der Waals surface area (Å²) in [7, 11) is 1.68. The Hall–Kier alpha value is -3.64. The number of ether oxygens (including phenoxy) is 1. The van der Waals surface area contributed by atoms with Crippen molar-refractivity contribution in [3.05, 3.63) is 89.7 Å². The van der Waals surface area contributed by atoms with Crippen LogP contribution < -0.4 is 10.1 Å². The van der Waals surface area contributed by atoms with Crippen LogP contribution in [0.15, 0.2) is 72.8 Å². The zero-order chi connectivity index (χ0) is 24.2. The largest absolute Gasteiger partial charge is 0.497 e. The van der Waals surface area contributed by atoms with E-state index >= 15 is 0 Å². The van der Waals surface area contributed by atoms with Gasteiger partial charge in [-0.1, -0.05) is 42.5 Å². The number of nitrogens with one attached hydrogen (secondary N) is 1. The predicted octanol–water partition coefficient (Wildman–Crippen LogP) is 5.25. The Morgan fingerprint density at radius 1 is 1.03 bits per heavy atom. The lowest BCUT2D eigenvalue weighted by molar-refractivity contribution is -0.121. The van der Waals surface area contributed by atoms with Crippen LogP contribution in [0.4, 0.5) is 5.69 Å². The second kappa shape index (κ2) is 10.3. The molecule has 180 valence electrons. The number of imidazole rings is 1. The molecule has 1 saturated heterocycles. The molecule has 1 aliphatic heterocycles. The number of aryl methyl sites for hydroxylation is 1. The highest BCUT2D eigenvalue weighted by Gasteiger charge is 2.27. The van der Waals surface area contributed by atoms with Crippen LogP contribution in [0, 0.1) is 12.8 Å². The number of para-hydroxylation sites is 3. The predicted molar refractivity (Wildman–Crippen MR) is 140 cm³/mol. The molecule has 0 aliphatic carbocycles. The molecule has 1 fully saturated rings. The van der Waals surface area contributed by atoms with Crippen molar-refractivity contribution in [2.45, 2.75) is 32.9 Å². The average molecular weight is 469 g/mol. The van der Waals surface area contributed by atoms with Crippen LogP contribution in [0.1, 0.15) is 29.8 Å². The van der Waals surface area contributed by atoms with E-state index < -0.39 is 0 Å². The van der Waals surface area contributed by atoms with Gasteiger partial charge in [0.25, 0.3) is 0 Å². The van der Waals surface area contributed by atoms with Gasteiger partial charge in [-0.25, -0.2) is 4.98 Å². The smallest absolute Gasteiger partial charge is 0.228 e. The van der Waals surface area contributed by atoms with Gasteiger partial charge in [-0.15, -0.1) is 0 Å². The van der Waals surface area contributed by atoms with Crippen LogP contribution in [-0.4, -0.2) is 40.6 Å². The maximum atomic E-state index is 13.1. The Morgan fingerprint density at radius 3 is 2.60 bits per heavy atom. The minimum Gasteiger partial charge on any atom is -0.497 e. The fraction of sp³-hybridized carbons (Fsp3) is 0.310. The van der Waals surface area contributed by atoms with E-state index in [9.17, 15) is 4.79 Å². The van der Waals surface area contributed by atoms with Crippen molar-refractivity contribution in [1.82, 2.24) is 14.5 Å². The van der Waals surface area contributed by atoms with Gasteiger partial charge in [0.1, 0.15) is 11.6 Å². The number of hydrogen-bond acceptors (Lipinski definition) is 4. The highest BCUT2D eigenvalue weighted by atomic mass is 16.5. The normalized spacial score (nSPS) is 16.3. The molecular weight excluding hydrogens is 436 g/mol. The van der Waals surface area contributed by atoms with Gasteiger partial charge in [-0.05, 0) is 67.8 Å². The van der Waals surface area contributed by atoms with Gasteiger partial charge in [0.05, 0.1) is 30.6 Å². The quantitative estimate of drug-likeness (QED) is 0.402. The highest BCUT2D eigenvalue weighted by Crippen LogP contribution is 2.24. The van der Waals surface area contributed by atoms with Gasteiger partial charge in [-0.2, -0.15) is 0 Å². The van der Waals surface area contributed by atoms with Gasteiger partial charge < -0.3 is 14.6 Å². The first-order valence-electron chi connectivity index (χ1n) is 12.3. The van der Waals surface area contributed by atoms with Gasteiger partial charge >= 0.3 is 0 Å². The molecule has 6 heteroatoms. The molecule has 5 rings (SSSR count). The number of nitrogens with zero attached hydrogens (tertiary/aromatic N) is 3. The van der Waals surface area contributed by atoms with Crippen molar-refractivity contribution in [2.24, 2.45) is 5.92 Å². The van der Waals surface area contributed by atoms with Crippen molar-refractivity contribution in [3.63, 3.8) is 0 Å². The third-order valence-corrected chi connectivity index (χ3v) is 6.88. The average Bonchev–Trinajstić information content (AvgIpc) is 3.22. The fourth-order valence-electron chi connectivity index (χ4n) is 4.90. The van der Waals surface area contributed by atoms with E-state index in [1.165, 1.54) is 5.56 Å². The molecule has 35 heavy (non-hydrogen) atoms. The molecule has 3 aromatic carbocycles. The third-order valence-electron chi connectivity index (χ3n) is 6.88. The molecule has 4 aromatic rings. The number of piperidine rings is 1. The summed E-state index contributed by atoms with van der Waals surface area (Å²) in [6, 6.07) is 24.4. The number of benzene rings is 3. The van der Waals surface area contributed by atoms with E-state index in [1.54, 1.807) is 7.11 Å². The topological polar surface area (TPSA) is 59.4 Å². The van der Waals surface area contributed by atoms with Crippen LogP contribution in [0.2, 0.25) is 0 Å². The Balaban J connectivity index is 1.33. The number of likely N-dealkylation sites (tertiary alicyclic amines) is 1. The number of hydrogen-bond donors (Lipinski definition) is 1. The summed E-state index contributed by atoms with van der Waals surface area (Å²) < 4.78 is 7.61. The standard InChI is InChI=1S/C29H32N4O2/c1-21-8-3-4-10-25(21)31-29(34)23-9-7-17-32(19-23)20-28-30-26-11-5-6-12-27(26)33(28)18-22-13-15-24(35-2)16-14-22/h3-6,8,10-16,23H,7,9,17-20H2,1-2H3,(H,31,34)/t23-/m0/s1. The van der Waals surface area contributed by atoms with Crippen LogP contribution in [0.25, 0.3) is 11.0 Å². The zero-order valence-electron chi connectivity index (χ0n) is 20.4. The first kappa shape index (κ1) is 23.1. The van der Waals surface area contributed by atoms with Gasteiger partial charge in [-0.3, -0.25) is 9.69 Å². The minimum atomic E-state index is -0.0252. The highest BCUT2D eigenvalue weighted by molar-refractivity contribution is 5.93. The van der Waals surface area contributed by atoms with Crippen LogP contribution >= 0.6 is 0 Å². The molecule has 0 saturated carbocycles. The van der Waals surface area contributed by atoms with E-state index in [0.29, 0.717) is 0 Å².